The number of hydrogen-bond acceptors (Lipinski definition) is 4. The second-order valence-electron chi connectivity index (χ2n) is 6.83. The molecule has 1 aliphatic rings. The van der Waals surface area contributed by atoms with E-state index in [4.69, 9.17) is 4.74 Å². The first kappa shape index (κ1) is 18.1. The van der Waals surface area contributed by atoms with Crippen LogP contribution in [-0.4, -0.2) is 41.8 Å². The molecule has 1 aromatic heterocycles. The number of nitrogens with zero attached hydrogens (tertiary/aromatic N) is 2. The molecule has 0 aliphatic carbocycles. The van der Waals surface area contributed by atoms with Crippen molar-refractivity contribution in [3.8, 4) is 5.75 Å². The highest BCUT2D eigenvalue weighted by molar-refractivity contribution is 5.99. The summed E-state index contributed by atoms with van der Waals surface area (Å²) in [5.74, 6) is 0.722. The zero-order chi connectivity index (χ0) is 18.7. The summed E-state index contributed by atoms with van der Waals surface area (Å²) in [6, 6.07) is 7.20. The summed E-state index contributed by atoms with van der Waals surface area (Å²) in [4.78, 5) is 31.4. The summed E-state index contributed by atoms with van der Waals surface area (Å²) in [6.45, 7) is 5.04. The number of pyridine rings is 1. The largest absolute Gasteiger partial charge is 0.496 e. The molecular weight excluding hydrogens is 328 g/mol. The standard InChI is InChI=1S/C21H24N2O3/c1-14-11-18(12-15(2)20(14)26-3)19(24)17-5-4-10-23(13-17)21(25)16-6-8-22-9-7-16/h6-9,11-12,17H,4-5,10,13H2,1-3H3. The van der Waals surface area contributed by atoms with Crippen LogP contribution in [0.2, 0.25) is 0 Å². The van der Waals surface area contributed by atoms with E-state index in [1.165, 1.54) is 0 Å². The van der Waals surface area contributed by atoms with Gasteiger partial charge in [0.2, 0.25) is 0 Å². The van der Waals surface area contributed by atoms with Gasteiger partial charge in [0.25, 0.3) is 5.91 Å². The molecule has 1 saturated heterocycles. The van der Waals surface area contributed by atoms with E-state index < -0.39 is 0 Å². The molecule has 0 radical (unpaired) electrons. The van der Waals surface area contributed by atoms with Gasteiger partial charge in [-0.25, -0.2) is 0 Å². The third-order valence-electron chi connectivity index (χ3n) is 4.96. The second kappa shape index (κ2) is 7.68. The number of likely N-dealkylation sites (tertiary alicyclic amines) is 1. The van der Waals surface area contributed by atoms with Gasteiger partial charge in [-0.05, 0) is 62.1 Å². The van der Waals surface area contributed by atoms with Crippen LogP contribution >= 0.6 is 0 Å². The molecule has 0 bridgehead atoms. The van der Waals surface area contributed by atoms with Crippen molar-refractivity contribution in [1.29, 1.82) is 0 Å². The van der Waals surface area contributed by atoms with Gasteiger partial charge in [-0.1, -0.05) is 0 Å². The summed E-state index contributed by atoms with van der Waals surface area (Å²) >= 11 is 0. The number of ketones is 1. The number of methoxy groups -OCH3 is 1. The Bertz CT molecular complexity index is 794. The minimum atomic E-state index is -0.165. The molecule has 0 spiro atoms. The maximum absolute atomic E-state index is 13.0. The van der Waals surface area contributed by atoms with Gasteiger partial charge < -0.3 is 9.64 Å². The highest BCUT2D eigenvalue weighted by atomic mass is 16.5. The minimum absolute atomic E-state index is 0.0352. The number of carbonyl (C=O) groups excluding carboxylic acids is 2. The molecule has 1 amide bonds. The van der Waals surface area contributed by atoms with E-state index in [-0.39, 0.29) is 17.6 Å². The van der Waals surface area contributed by atoms with Gasteiger partial charge in [0, 0.05) is 42.5 Å². The summed E-state index contributed by atoms with van der Waals surface area (Å²) in [7, 11) is 1.64. The maximum Gasteiger partial charge on any atom is 0.253 e. The van der Waals surface area contributed by atoms with Crippen LogP contribution in [0.3, 0.4) is 0 Å². The van der Waals surface area contributed by atoms with Gasteiger partial charge in [0.1, 0.15) is 5.75 Å². The number of ether oxygens (including phenoxy) is 1. The average Bonchev–Trinajstić information content (AvgIpc) is 2.67. The van der Waals surface area contributed by atoms with Gasteiger partial charge in [-0.2, -0.15) is 0 Å². The number of aromatic nitrogens is 1. The molecule has 1 unspecified atom stereocenters. The lowest BCUT2D eigenvalue weighted by atomic mass is 9.88. The molecule has 1 atom stereocenters. The smallest absolute Gasteiger partial charge is 0.253 e. The van der Waals surface area contributed by atoms with Crippen molar-refractivity contribution in [3.63, 3.8) is 0 Å². The van der Waals surface area contributed by atoms with Gasteiger partial charge in [-0.15, -0.1) is 0 Å². The molecule has 5 nitrogen and oxygen atoms in total. The molecule has 3 rings (SSSR count). The topological polar surface area (TPSA) is 59.5 Å². The van der Waals surface area contributed by atoms with Crippen LogP contribution in [0.4, 0.5) is 0 Å². The molecule has 0 N–H and O–H groups in total. The fourth-order valence-electron chi connectivity index (χ4n) is 3.70. The number of Topliss-reactive ketones (excluding diaryl/α,β-unsaturated/α-hetero) is 1. The van der Waals surface area contributed by atoms with Crippen molar-refractivity contribution in [2.75, 3.05) is 20.2 Å². The van der Waals surface area contributed by atoms with Crippen molar-refractivity contribution in [3.05, 3.63) is 58.9 Å². The zero-order valence-electron chi connectivity index (χ0n) is 15.5. The van der Waals surface area contributed by atoms with Crippen molar-refractivity contribution in [2.45, 2.75) is 26.7 Å². The third kappa shape index (κ3) is 3.62. The fourth-order valence-corrected chi connectivity index (χ4v) is 3.70. The van der Waals surface area contributed by atoms with Gasteiger partial charge in [-0.3, -0.25) is 14.6 Å². The van der Waals surface area contributed by atoms with Crippen LogP contribution in [0.25, 0.3) is 0 Å². The highest BCUT2D eigenvalue weighted by Gasteiger charge is 2.30. The van der Waals surface area contributed by atoms with Crippen LogP contribution in [0.1, 0.15) is 44.7 Å². The molecular formula is C21H24N2O3. The van der Waals surface area contributed by atoms with Crippen LogP contribution in [0.5, 0.6) is 5.75 Å². The Labute approximate surface area is 154 Å². The fraction of sp³-hybridized carbons (Fsp3) is 0.381. The van der Waals surface area contributed by atoms with Crippen molar-refractivity contribution in [1.82, 2.24) is 9.88 Å². The SMILES string of the molecule is COc1c(C)cc(C(=O)C2CCCN(C(=O)c3ccncc3)C2)cc1C. The molecule has 26 heavy (non-hydrogen) atoms. The molecule has 1 aliphatic heterocycles. The number of hydrogen-bond donors (Lipinski definition) is 0. The van der Waals surface area contributed by atoms with E-state index in [0.29, 0.717) is 24.2 Å². The Morgan fingerprint density at radius 2 is 1.77 bits per heavy atom. The van der Waals surface area contributed by atoms with Crippen molar-refractivity contribution in [2.24, 2.45) is 5.92 Å². The Balaban J connectivity index is 1.77. The normalized spacial score (nSPS) is 17.0. The van der Waals surface area contributed by atoms with E-state index >= 15 is 0 Å². The highest BCUT2D eigenvalue weighted by Crippen LogP contribution is 2.28. The third-order valence-corrected chi connectivity index (χ3v) is 4.96. The molecule has 2 aromatic rings. The van der Waals surface area contributed by atoms with Crippen molar-refractivity contribution >= 4 is 11.7 Å². The molecule has 0 saturated carbocycles. The summed E-state index contributed by atoms with van der Waals surface area (Å²) in [5, 5.41) is 0. The number of aryl methyl sites for hydroxylation is 2. The number of amides is 1. The zero-order valence-corrected chi connectivity index (χ0v) is 15.5. The monoisotopic (exact) mass is 352 g/mol. The Morgan fingerprint density at radius 1 is 1.12 bits per heavy atom. The van der Waals surface area contributed by atoms with E-state index in [1.807, 2.05) is 26.0 Å². The van der Waals surface area contributed by atoms with E-state index in [0.717, 1.165) is 29.7 Å². The van der Waals surface area contributed by atoms with E-state index in [1.54, 1.807) is 36.5 Å². The Hall–Kier alpha value is -2.69. The van der Waals surface area contributed by atoms with Crippen LogP contribution in [0, 0.1) is 19.8 Å². The predicted octanol–water partition coefficient (Wildman–Crippen LogP) is 3.44. The summed E-state index contributed by atoms with van der Waals surface area (Å²) in [5.41, 5.74) is 3.22. The minimum Gasteiger partial charge on any atom is -0.496 e. The van der Waals surface area contributed by atoms with Crippen LogP contribution in [-0.2, 0) is 0 Å². The molecule has 1 fully saturated rings. The van der Waals surface area contributed by atoms with Crippen molar-refractivity contribution < 1.29 is 14.3 Å². The number of piperidine rings is 1. The molecule has 5 heteroatoms. The van der Waals surface area contributed by atoms with Gasteiger partial charge in [0.15, 0.2) is 5.78 Å². The van der Waals surface area contributed by atoms with Crippen LogP contribution < -0.4 is 4.74 Å². The average molecular weight is 352 g/mol. The first-order valence-corrected chi connectivity index (χ1v) is 8.90. The van der Waals surface area contributed by atoms with Gasteiger partial charge >= 0.3 is 0 Å². The first-order chi connectivity index (χ1) is 12.5. The quantitative estimate of drug-likeness (QED) is 0.791. The number of carbonyl (C=O) groups is 2. The predicted molar refractivity (Wildman–Crippen MR) is 99.7 cm³/mol. The molecule has 2 heterocycles. The first-order valence-electron chi connectivity index (χ1n) is 8.90. The lowest BCUT2D eigenvalue weighted by Gasteiger charge is -2.32. The van der Waals surface area contributed by atoms with Gasteiger partial charge in [0.05, 0.1) is 7.11 Å². The number of benzene rings is 1. The van der Waals surface area contributed by atoms with E-state index in [9.17, 15) is 9.59 Å². The molecule has 1 aromatic carbocycles. The lowest BCUT2D eigenvalue weighted by Crippen LogP contribution is -2.42. The molecule has 136 valence electrons. The number of rotatable bonds is 4. The Morgan fingerprint density at radius 3 is 2.38 bits per heavy atom. The summed E-state index contributed by atoms with van der Waals surface area (Å²) in [6.07, 6.45) is 4.87. The second-order valence-corrected chi connectivity index (χ2v) is 6.83. The lowest BCUT2D eigenvalue weighted by molar-refractivity contribution is 0.0637. The summed E-state index contributed by atoms with van der Waals surface area (Å²) < 4.78 is 5.38. The van der Waals surface area contributed by atoms with Crippen LogP contribution in [0.15, 0.2) is 36.7 Å². The van der Waals surface area contributed by atoms with E-state index in [2.05, 4.69) is 4.98 Å². The Kier molecular flexibility index (Phi) is 5.35. The maximum atomic E-state index is 13.0.